The van der Waals surface area contributed by atoms with Gasteiger partial charge in [-0.25, -0.2) is 9.97 Å². The highest BCUT2D eigenvalue weighted by Gasteiger charge is 2.22. The summed E-state index contributed by atoms with van der Waals surface area (Å²) in [4.78, 5) is 11.5. The molecule has 3 aromatic rings. The summed E-state index contributed by atoms with van der Waals surface area (Å²) in [5.74, 6) is 0.689. The first-order chi connectivity index (χ1) is 13.1. The summed E-state index contributed by atoms with van der Waals surface area (Å²) in [5.41, 5.74) is 3.31. The van der Waals surface area contributed by atoms with Crippen molar-refractivity contribution in [1.82, 2.24) is 9.97 Å². The number of hydrogen-bond acceptors (Lipinski definition) is 5. The van der Waals surface area contributed by atoms with Crippen LogP contribution in [0.2, 0.25) is 0 Å². The van der Waals surface area contributed by atoms with Crippen LogP contribution < -0.4 is 4.90 Å². The van der Waals surface area contributed by atoms with E-state index in [1.165, 1.54) is 17.3 Å². The molecule has 136 valence electrons. The lowest BCUT2D eigenvalue weighted by Gasteiger charge is -2.29. The van der Waals surface area contributed by atoms with Gasteiger partial charge in [-0.15, -0.1) is 0 Å². The van der Waals surface area contributed by atoms with Crippen molar-refractivity contribution in [3.05, 3.63) is 71.8 Å². The zero-order chi connectivity index (χ0) is 19.2. The Morgan fingerprint density at radius 3 is 2.19 bits per heavy atom. The van der Waals surface area contributed by atoms with Gasteiger partial charge in [0.25, 0.3) is 0 Å². The second-order valence-corrected chi connectivity index (χ2v) is 7.22. The first-order valence-corrected chi connectivity index (χ1v) is 10.1. The summed E-state index contributed by atoms with van der Waals surface area (Å²) in [5, 5.41) is 10.6. The number of thioether (sulfide) groups is 1. The molecule has 0 N–H and O–H groups in total. The molecule has 5 heteroatoms. The predicted octanol–water partition coefficient (Wildman–Crippen LogP) is 5.15. The van der Waals surface area contributed by atoms with Gasteiger partial charge >= 0.3 is 0 Å². The summed E-state index contributed by atoms with van der Waals surface area (Å²) >= 11 is 1.49. The summed E-state index contributed by atoms with van der Waals surface area (Å²) < 4.78 is 0. The third kappa shape index (κ3) is 4.29. The third-order valence-corrected chi connectivity index (χ3v) is 4.85. The van der Waals surface area contributed by atoms with E-state index in [4.69, 9.17) is 4.98 Å². The van der Waals surface area contributed by atoms with Crippen molar-refractivity contribution in [2.75, 3.05) is 11.2 Å². The fourth-order valence-corrected chi connectivity index (χ4v) is 3.28. The molecule has 27 heavy (non-hydrogen) atoms. The number of hydrogen-bond donors (Lipinski definition) is 0. The maximum Gasteiger partial charge on any atom is 0.189 e. The Labute approximate surface area is 164 Å². The van der Waals surface area contributed by atoms with Crippen molar-refractivity contribution < 1.29 is 0 Å². The standard InChI is InChI=1S/C22H22N4S/c1-16(2)26(15-17-10-6-4-7-11-17)21-19(14-23)20(24-22(25-21)27-3)18-12-8-5-9-13-18/h4-13,16H,15H2,1-3H3. The normalized spacial score (nSPS) is 10.6. The third-order valence-electron chi connectivity index (χ3n) is 4.30. The molecule has 0 saturated carbocycles. The highest BCUT2D eigenvalue weighted by atomic mass is 32.2. The van der Waals surface area contributed by atoms with Crippen molar-refractivity contribution in [2.24, 2.45) is 0 Å². The number of rotatable bonds is 6. The highest BCUT2D eigenvalue weighted by Crippen LogP contribution is 2.32. The van der Waals surface area contributed by atoms with Crippen molar-refractivity contribution in [3.8, 4) is 17.3 Å². The Kier molecular flexibility index (Phi) is 6.10. The number of benzene rings is 2. The molecule has 1 heterocycles. The van der Waals surface area contributed by atoms with E-state index in [2.05, 4.69) is 41.9 Å². The Bertz CT molecular complexity index is 934. The molecule has 0 aliphatic heterocycles. The average molecular weight is 375 g/mol. The van der Waals surface area contributed by atoms with Crippen LogP contribution in [0, 0.1) is 11.3 Å². The second-order valence-electron chi connectivity index (χ2n) is 6.44. The summed E-state index contributed by atoms with van der Waals surface area (Å²) in [6.45, 7) is 4.92. The Morgan fingerprint density at radius 2 is 1.63 bits per heavy atom. The maximum atomic E-state index is 9.96. The van der Waals surface area contributed by atoms with Crippen molar-refractivity contribution in [1.29, 1.82) is 5.26 Å². The van der Waals surface area contributed by atoms with E-state index in [1.54, 1.807) is 0 Å². The van der Waals surface area contributed by atoms with E-state index in [-0.39, 0.29) is 6.04 Å². The minimum atomic E-state index is 0.186. The van der Waals surface area contributed by atoms with Crippen LogP contribution in [0.15, 0.2) is 65.8 Å². The molecular formula is C22H22N4S. The van der Waals surface area contributed by atoms with Gasteiger partial charge in [0.2, 0.25) is 0 Å². The van der Waals surface area contributed by atoms with Gasteiger partial charge in [0, 0.05) is 18.2 Å². The lowest BCUT2D eigenvalue weighted by atomic mass is 10.1. The van der Waals surface area contributed by atoms with Crippen LogP contribution in [0.4, 0.5) is 5.82 Å². The van der Waals surface area contributed by atoms with Gasteiger partial charge in [0.1, 0.15) is 11.6 Å². The van der Waals surface area contributed by atoms with Gasteiger partial charge in [-0.2, -0.15) is 5.26 Å². The van der Waals surface area contributed by atoms with Crippen molar-refractivity contribution in [2.45, 2.75) is 31.6 Å². The molecule has 0 fully saturated rings. The smallest absolute Gasteiger partial charge is 0.189 e. The predicted molar refractivity (Wildman–Crippen MR) is 112 cm³/mol. The monoisotopic (exact) mass is 374 g/mol. The zero-order valence-electron chi connectivity index (χ0n) is 15.8. The van der Waals surface area contributed by atoms with E-state index >= 15 is 0 Å². The summed E-state index contributed by atoms with van der Waals surface area (Å²) in [6.07, 6.45) is 1.96. The molecule has 0 aliphatic rings. The molecule has 4 nitrogen and oxygen atoms in total. The first-order valence-electron chi connectivity index (χ1n) is 8.86. The van der Waals surface area contributed by atoms with Crippen LogP contribution >= 0.6 is 11.8 Å². The van der Waals surface area contributed by atoms with E-state index in [0.29, 0.717) is 28.8 Å². The Balaban J connectivity index is 2.16. The molecular weight excluding hydrogens is 352 g/mol. The molecule has 0 atom stereocenters. The number of nitriles is 1. The van der Waals surface area contributed by atoms with Crippen LogP contribution in [-0.4, -0.2) is 22.3 Å². The molecule has 0 spiro atoms. The van der Waals surface area contributed by atoms with Crippen LogP contribution in [-0.2, 0) is 6.54 Å². The average Bonchev–Trinajstić information content (AvgIpc) is 2.72. The van der Waals surface area contributed by atoms with Gasteiger partial charge in [0.05, 0.1) is 5.69 Å². The number of anilines is 1. The molecule has 0 amide bonds. The summed E-state index contributed by atoms with van der Waals surface area (Å²) in [7, 11) is 0. The van der Waals surface area contributed by atoms with E-state index in [1.807, 2.05) is 54.8 Å². The fraction of sp³-hybridized carbons (Fsp3) is 0.227. The lowest BCUT2D eigenvalue weighted by molar-refractivity contribution is 0.664. The Hall–Kier alpha value is -2.84. The van der Waals surface area contributed by atoms with Crippen molar-refractivity contribution >= 4 is 17.6 Å². The molecule has 1 aromatic heterocycles. The first kappa shape index (κ1) is 18.9. The largest absolute Gasteiger partial charge is 0.349 e. The quantitative estimate of drug-likeness (QED) is 0.441. The molecule has 0 unspecified atom stereocenters. The second kappa shape index (κ2) is 8.70. The van der Waals surface area contributed by atoms with Crippen LogP contribution in [0.5, 0.6) is 0 Å². The minimum Gasteiger partial charge on any atom is -0.349 e. The molecule has 0 aliphatic carbocycles. The molecule has 2 aromatic carbocycles. The topological polar surface area (TPSA) is 52.8 Å². The van der Waals surface area contributed by atoms with Crippen molar-refractivity contribution in [3.63, 3.8) is 0 Å². The minimum absolute atomic E-state index is 0.186. The zero-order valence-corrected chi connectivity index (χ0v) is 16.6. The number of nitrogens with zero attached hydrogens (tertiary/aromatic N) is 4. The van der Waals surface area contributed by atoms with Gasteiger partial charge in [0.15, 0.2) is 11.0 Å². The molecule has 0 bridgehead atoms. The van der Waals surface area contributed by atoms with Gasteiger partial charge in [-0.1, -0.05) is 72.4 Å². The van der Waals surface area contributed by atoms with Gasteiger partial charge < -0.3 is 4.90 Å². The molecule has 0 radical (unpaired) electrons. The van der Waals surface area contributed by atoms with Crippen LogP contribution in [0.25, 0.3) is 11.3 Å². The van der Waals surface area contributed by atoms with E-state index in [9.17, 15) is 5.26 Å². The van der Waals surface area contributed by atoms with Crippen LogP contribution in [0.1, 0.15) is 25.0 Å². The fourth-order valence-electron chi connectivity index (χ4n) is 2.92. The van der Waals surface area contributed by atoms with Crippen LogP contribution in [0.3, 0.4) is 0 Å². The molecule has 3 rings (SSSR count). The number of aromatic nitrogens is 2. The maximum absolute atomic E-state index is 9.96. The van der Waals surface area contributed by atoms with E-state index < -0.39 is 0 Å². The Morgan fingerprint density at radius 1 is 1.00 bits per heavy atom. The lowest BCUT2D eigenvalue weighted by Crippen LogP contribution is -2.32. The summed E-state index contributed by atoms with van der Waals surface area (Å²) in [6, 6.07) is 22.6. The SMILES string of the molecule is CSc1nc(-c2ccccc2)c(C#N)c(N(Cc2ccccc2)C(C)C)n1. The van der Waals surface area contributed by atoms with Gasteiger partial charge in [-0.05, 0) is 25.7 Å². The highest BCUT2D eigenvalue weighted by molar-refractivity contribution is 7.98. The van der Waals surface area contributed by atoms with E-state index in [0.717, 1.165) is 5.56 Å². The van der Waals surface area contributed by atoms with Gasteiger partial charge in [-0.3, -0.25) is 0 Å². The molecule has 0 saturated heterocycles.